The highest BCUT2D eigenvalue weighted by Gasteiger charge is 2.26. The highest BCUT2D eigenvalue weighted by Crippen LogP contribution is 2.16. The SMILES string of the molecule is Cl.N[C@@H]1CCN(C(=O)c2cc(F)ccc2F)C1. The van der Waals surface area contributed by atoms with Gasteiger partial charge in [-0.25, -0.2) is 8.78 Å². The molecule has 6 heteroatoms. The first-order valence-electron chi connectivity index (χ1n) is 5.08. The lowest BCUT2D eigenvalue weighted by molar-refractivity contribution is 0.0785. The van der Waals surface area contributed by atoms with Crippen LogP contribution < -0.4 is 5.73 Å². The van der Waals surface area contributed by atoms with Crippen LogP contribution in [-0.4, -0.2) is 29.9 Å². The van der Waals surface area contributed by atoms with Gasteiger partial charge in [0.1, 0.15) is 11.6 Å². The third-order valence-corrected chi connectivity index (χ3v) is 2.67. The van der Waals surface area contributed by atoms with Gasteiger partial charge in [0.05, 0.1) is 5.56 Å². The van der Waals surface area contributed by atoms with E-state index in [9.17, 15) is 13.6 Å². The molecule has 2 N–H and O–H groups in total. The van der Waals surface area contributed by atoms with Gasteiger partial charge in [-0.1, -0.05) is 0 Å². The van der Waals surface area contributed by atoms with Crippen molar-refractivity contribution in [1.29, 1.82) is 0 Å². The van der Waals surface area contributed by atoms with Crippen molar-refractivity contribution in [2.75, 3.05) is 13.1 Å². The highest BCUT2D eigenvalue weighted by molar-refractivity contribution is 5.94. The van der Waals surface area contributed by atoms with Crippen LogP contribution >= 0.6 is 12.4 Å². The van der Waals surface area contributed by atoms with Gasteiger partial charge in [-0.05, 0) is 24.6 Å². The largest absolute Gasteiger partial charge is 0.337 e. The fourth-order valence-electron chi connectivity index (χ4n) is 1.80. The molecule has 1 heterocycles. The van der Waals surface area contributed by atoms with Crippen molar-refractivity contribution < 1.29 is 13.6 Å². The second-order valence-corrected chi connectivity index (χ2v) is 3.92. The van der Waals surface area contributed by atoms with Gasteiger partial charge in [0, 0.05) is 19.1 Å². The number of likely N-dealkylation sites (tertiary alicyclic amines) is 1. The summed E-state index contributed by atoms with van der Waals surface area (Å²) in [5.41, 5.74) is 5.42. The van der Waals surface area contributed by atoms with Crippen LogP contribution in [0.5, 0.6) is 0 Å². The third-order valence-electron chi connectivity index (χ3n) is 2.67. The topological polar surface area (TPSA) is 46.3 Å². The quantitative estimate of drug-likeness (QED) is 0.835. The molecule has 1 aliphatic heterocycles. The molecule has 1 saturated heterocycles. The van der Waals surface area contributed by atoms with Crippen molar-refractivity contribution in [3.63, 3.8) is 0 Å². The monoisotopic (exact) mass is 262 g/mol. The van der Waals surface area contributed by atoms with Crippen LogP contribution in [0.2, 0.25) is 0 Å². The van der Waals surface area contributed by atoms with Gasteiger partial charge in [-0.2, -0.15) is 0 Å². The van der Waals surface area contributed by atoms with Crippen molar-refractivity contribution in [1.82, 2.24) is 4.90 Å². The molecule has 1 fully saturated rings. The van der Waals surface area contributed by atoms with Gasteiger partial charge in [0.2, 0.25) is 0 Å². The number of amides is 1. The van der Waals surface area contributed by atoms with E-state index in [1.54, 1.807) is 0 Å². The number of benzene rings is 1. The van der Waals surface area contributed by atoms with Crippen LogP contribution in [0.3, 0.4) is 0 Å². The number of nitrogens with two attached hydrogens (primary N) is 1. The van der Waals surface area contributed by atoms with E-state index in [0.717, 1.165) is 18.2 Å². The molecule has 0 bridgehead atoms. The van der Waals surface area contributed by atoms with Crippen molar-refractivity contribution >= 4 is 18.3 Å². The van der Waals surface area contributed by atoms with Crippen molar-refractivity contribution in [2.45, 2.75) is 12.5 Å². The van der Waals surface area contributed by atoms with Gasteiger partial charge < -0.3 is 10.6 Å². The molecule has 17 heavy (non-hydrogen) atoms. The molecule has 2 rings (SSSR count). The molecule has 1 amide bonds. The summed E-state index contributed by atoms with van der Waals surface area (Å²) in [6, 6.07) is 2.79. The van der Waals surface area contributed by atoms with E-state index in [2.05, 4.69) is 0 Å². The number of hydrogen-bond donors (Lipinski definition) is 1. The fraction of sp³-hybridized carbons (Fsp3) is 0.364. The zero-order valence-corrected chi connectivity index (χ0v) is 9.84. The Kier molecular flexibility index (Phi) is 4.42. The first-order valence-corrected chi connectivity index (χ1v) is 5.08. The number of nitrogens with zero attached hydrogens (tertiary/aromatic N) is 1. The third kappa shape index (κ3) is 2.92. The Labute approximate surface area is 104 Å². The zero-order valence-electron chi connectivity index (χ0n) is 9.03. The van der Waals surface area contributed by atoms with Crippen molar-refractivity contribution in [3.8, 4) is 0 Å². The smallest absolute Gasteiger partial charge is 0.256 e. The van der Waals surface area contributed by atoms with E-state index in [1.165, 1.54) is 4.90 Å². The van der Waals surface area contributed by atoms with Gasteiger partial charge in [-0.3, -0.25) is 4.79 Å². The van der Waals surface area contributed by atoms with E-state index >= 15 is 0 Å². The predicted octanol–water partition coefficient (Wildman–Crippen LogP) is 1.56. The minimum Gasteiger partial charge on any atom is -0.337 e. The van der Waals surface area contributed by atoms with Crippen LogP contribution in [-0.2, 0) is 0 Å². The Balaban J connectivity index is 0.00000144. The average molecular weight is 263 g/mol. The molecule has 0 aromatic heterocycles. The summed E-state index contributed by atoms with van der Waals surface area (Å²) < 4.78 is 26.2. The summed E-state index contributed by atoms with van der Waals surface area (Å²) >= 11 is 0. The molecule has 1 aromatic rings. The van der Waals surface area contributed by atoms with Gasteiger partial charge in [0.25, 0.3) is 5.91 Å². The van der Waals surface area contributed by atoms with Gasteiger partial charge >= 0.3 is 0 Å². The van der Waals surface area contributed by atoms with E-state index in [1.807, 2.05) is 0 Å². The number of rotatable bonds is 1. The Morgan fingerprint density at radius 3 is 2.71 bits per heavy atom. The first-order chi connectivity index (χ1) is 7.58. The maximum absolute atomic E-state index is 13.3. The summed E-state index contributed by atoms with van der Waals surface area (Å²) in [6.07, 6.45) is 0.697. The summed E-state index contributed by atoms with van der Waals surface area (Å²) in [6.45, 7) is 0.894. The Morgan fingerprint density at radius 1 is 1.41 bits per heavy atom. The molecule has 0 radical (unpaired) electrons. The highest BCUT2D eigenvalue weighted by atomic mass is 35.5. The summed E-state index contributed by atoms with van der Waals surface area (Å²) in [7, 11) is 0. The predicted molar refractivity (Wildman–Crippen MR) is 62.1 cm³/mol. The minimum absolute atomic E-state index is 0. The van der Waals surface area contributed by atoms with Gasteiger partial charge in [0.15, 0.2) is 0 Å². The summed E-state index contributed by atoms with van der Waals surface area (Å²) in [5, 5.41) is 0. The van der Waals surface area contributed by atoms with E-state index in [-0.39, 0.29) is 24.0 Å². The van der Waals surface area contributed by atoms with Crippen LogP contribution in [0, 0.1) is 11.6 Å². The maximum atomic E-state index is 13.3. The summed E-state index contributed by atoms with van der Waals surface area (Å²) in [5.74, 6) is -1.81. The molecule has 3 nitrogen and oxygen atoms in total. The number of carbonyl (C=O) groups is 1. The minimum atomic E-state index is -0.702. The van der Waals surface area contributed by atoms with Crippen LogP contribution in [0.15, 0.2) is 18.2 Å². The molecule has 0 saturated carbocycles. The lowest BCUT2D eigenvalue weighted by Crippen LogP contribution is -2.32. The lowest BCUT2D eigenvalue weighted by atomic mass is 10.2. The Bertz CT molecular complexity index is 428. The second kappa shape index (κ2) is 5.42. The molecular formula is C11H13ClF2N2O. The van der Waals surface area contributed by atoms with Crippen molar-refractivity contribution in [2.24, 2.45) is 5.73 Å². The normalized spacial score (nSPS) is 19.0. The molecule has 1 aliphatic rings. The average Bonchev–Trinajstić information content (AvgIpc) is 2.67. The molecule has 94 valence electrons. The first kappa shape index (κ1) is 13.9. The number of carbonyl (C=O) groups excluding carboxylic acids is 1. The second-order valence-electron chi connectivity index (χ2n) is 3.92. The lowest BCUT2D eigenvalue weighted by Gasteiger charge is -2.16. The molecular weight excluding hydrogens is 250 g/mol. The molecule has 0 aliphatic carbocycles. The Hall–Kier alpha value is -1.20. The molecule has 1 atom stereocenters. The van der Waals surface area contributed by atoms with Crippen LogP contribution in [0.25, 0.3) is 0 Å². The Morgan fingerprint density at radius 2 is 2.12 bits per heavy atom. The molecule has 1 aromatic carbocycles. The zero-order chi connectivity index (χ0) is 11.7. The van der Waals surface area contributed by atoms with E-state index < -0.39 is 17.5 Å². The van der Waals surface area contributed by atoms with E-state index in [0.29, 0.717) is 19.5 Å². The molecule has 0 spiro atoms. The van der Waals surface area contributed by atoms with E-state index in [4.69, 9.17) is 5.73 Å². The maximum Gasteiger partial charge on any atom is 0.256 e. The number of halogens is 3. The van der Waals surface area contributed by atoms with Crippen LogP contribution in [0.1, 0.15) is 16.8 Å². The molecule has 0 unspecified atom stereocenters. The van der Waals surface area contributed by atoms with Crippen LogP contribution in [0.4, 0.5) is 8.78 Å². The number of hydrogen-bond acceptors (Lipinski definition) is 2. The van der Waals surface area contributed by atoms with Crippen molar-refractivity contribution in [3.05, 3.63) is 35.4 Å². The summed E-state index contributed by atoms with van der Waals surface area (Å²) in [4.78, 5) is 13.3. The van der Waals surface area contributed by atoms with Gasteiger partial charge in [-0.15, -0.1) is 12.4 Å². The standard InChI is InChI=1S/C11H12F2N2O.ClH/c12-7-1-2-10(13)9(5-7)11(16)15-4-3-8(14)6-15;/h1-2,5,8H,3-4,6,14H2;1H/t8-;/m1./s1. The fourth-order valence-corrected chi connectivity index (χ4v) is 1.80.